The van der Waals surface area contributed by atoms with Gasteiger partial charge in [-0.15, -0.1) is 11.3 Å². The van der Waals surface area contributed by atoms with E-state index in [0.29, 0.717) is 6.54 Å². The van der Waals surface area contributed by atoms with Crippen LogP contribution in [-0.2, 0) is 11.3 Å². The highest BCUT2D eigenvalue weighted by atomic mass is 32.1. The molecule has 1 saturated heterocycles. The second-order valence-electron chi connectivity index (χ2n) is 4.00. The van der Waals surface area contributed by atoms with Gasteiger partial charge in [0.15, 0.2) is 0 Å². The van der Waals surface area contributed by atoms with Gasteiger partial charge in [-0.05, 0) is 19.4 Å². The van der Waals surface area contributed by atoms with E-state index in [9.17, 15) is 4.79 Å². The van der Waals surface area contributed by atoms with Crippen LogP contribution in [0.25, 0.3) is 0 Å². The summed E-state index contributed by atoms with van der Waals surface area (Å²) in [6, 6.07) is -0.0116. The van der Waals surface area contributed by atoms with Crippen LogP contribution in [-0.4, -0.2) is 23.5 Å². The van der Waals surface area contributed by atoms with Crippen molar-refractivity contribution in [3.8, 4) is 0 Å². The van der Waals surface area contributed by atoms with Gasteiger partial charge in [-0.25, -0.2) is 4.98 Å². The molecule has 0 bridgehead atoms. The van der Waals surface area contributed by atoms with Crippen molar-refractivity contribution in [1.29, 1.82) is 0 Å². The molecule has 1 aliphatic rings. The Hall–Kier alpha value is -0.940. The fourth-order valence-electron chi connectivity index (χ4n) is 1.88. The van der Waals surface area contributed by atoms with Crippen molar-refractivity contribution in [2.24, 2.45) is 0 Å². The minimum Gasteiger partial charge on any atom is -0.348 e. The van der Waals surface area contributed by atoms with E-state index in [4.69, 9.17) is 0 Å². The first-order valence-electron chi connectivity index (χ1n) is 5.76. The Kier molecular flexibility index (Phi) is 4.30. The van der Waals surface area contributed by atoms with Gasteiger partial charge in [-0.3, -0.25) is 4.79 Å². The Balaban J connectivity index is 1.78. The lowest BCUT2D eigenvalue weighted by Gasteiger charge is -2.14. The summed E-state index contributed by atoms with van der Waals surface area (Å²) in [4.78, 5) is 16.0. The Morgan fingerprint density at radius 2 is 2.50 bits per heavy atom. The number of carbonyl (C=O) groups excluding carboxylic acids is 1. The highest BCUT2D eigenvalue weighted by Gasteiger charge is 2.18. The molecule has 1 aliphatic heterocycles. The first kappa shape index (κ1) is 11.5. The summed E-state index contributed by atoms with van der Waals surface area (Å²) < 4.78 is 0. The molecule has 5 heteroatoms. The SMILES string of the molecule is O=C(NCc1nccs1)C1CCCCCN1. The molecule has 0 saturated carbocycles. The molecule has 0 spiro atoms. The third-order valence-corrected chi connectivity index (χ3v) is 3.55. The summed E-state index contributed by atoms with van der Waals surface area (Å²) >= 11 is 1.57. The van der Waals surface area contributed by atoms with Gasteiger partial charge >= 0.3 is 0 Å². The maximum atomic E-state index is 11.8. The lowest BCUT2D eigenvalue weighted by Crippen LogP contribution is -2.43. The molecular weight excluding hydrogens is 222 g/mol. The second kappa shape index (κ2) is 5.96. The van der Waals surface area contributed by atoms with E-state index in [2.05, 4.69) is 15.6 Å². The Morgan fingerprint density at radius 1 is 1.56 bits per heavy atom. The zero-order valence-electron chi connectivity index (χ0n) is 9.24. The molecule has 1 aromatic heterocycles. The molecule has 1 fully saturated rings. The molecule has 1 unspecified atom stereocenters. The van der Waals surface area contributed by atoms with Crippen LogP contribution in [0.5, 0.6) is 0 Å². The minimum atomic E-state index is -0.0116. The van der Waals surface area contributed by atoms with Crippen LogP contribution in [0.4, 0.5) is 0 Å². The summed E-state index contributed by atoms with van der Waals surface area (Å²) in [6.07, 6.45) is 6.25. The molecule has 2 heterocycles. The molecule has 2 N–H and O–H groups in total. The number of nitrogens with zero attached hydrogens (tertiary/aromatic N) is 1. The van der Waals surface area contributed by atoms with Crippen LogP contribution in [0.15, 0.2) is 11.6 Å². The Morgan fingerprint density at radius 3 is 3.31 bits per heavy atom. The van der Waals surface area contributed by atoms with Crippen molar-refractivity contribution in [3.63, 3.8) is 0 Å². The topological polar surface area (TPSA) is 54.0 Å². The third kappa shape index (κ3) is 3.28. The van der Waals surface area contributed by atoms with Gasteiger partial charge in [0.1, 0.15) is 5.01 Å². The van der Waals surface area contributed by atoms with Crippen LogP contribution in [0.3, 0.4) is 0 Å². The van der Waals surface area contributed by atoms with Crippen molar-refractivity contribution in [2.45, 2.75) is 38.3 Å². The predicted molar refractivity (Wildman–Crippen MR) is 64.2 cm³/mol. The summed E-state index contributed by atoms with van der Waals surface area (Å²) in [7, 11) is 0. The lowest BCUT2D eigenvalue weighted by molar-refractivity contribution is -0.123. The number of amides is 1. The summed E-state index contributed by atoms with van der Waals surface area (Å²) in [5.41, 5.74) is 0. The highest BCUT2D eigenvalue weighted by molar-refractivity contribution is 7.09. The summed E-state index contributed by atoms with van der Waals surface area (Å²) in [5, 5.41) is 9.09. The van der Waals surface area contributed by atoms with E-state index in [-0.39, 0.29) is 11.9 Å². The normalized spacial score (nSPS) is 21.4. The number of rotatable bonds is 3. The van der Waals surface area contributed by atoms with Crippen LogP contribution < -0.4 is 10.6 Å². The van der Waals surface area contributed by atoms with Gasteiger partial charge in [0, 0.05) is 11.6 Å². The molecule has 0 radical (unpaired) electrons. The Bertz CT molecular complexity index is 318. The van der Waals surface area contributed by atoms with E-state index in [0.717, 1.165) is 24.4 Å². The van der Waals surface area contributed by atoms with E-state index in [1.807, 2.05) is 5.38 Å². The largest absolute Gasteiger partial charge is 0.348 e. The number of aromatic nitrogens is 1. The van der Waals surface area contributed by atoms with Gasteiger partial charge in [0.25, 0.3) is 0 Å². The summed E-state index contributed by atoms with van der Waals surface area (Å²) in [6.45, 7) is 1.50. The average molecular weight is 239 g/mol. The standard InChI is InChI=1S/C11H17N3OS/c15-11(9-4-2-1-3-5-12-9)14-8-10-13-6-7-16-10/h6-7,9,12H,1-5,8H2,(H,14,15). The maximum Gasteiger partial charge on any atom is 0.237 e. The zero-order valence-corrected chi connectivity index (χ0v) is 10.1. The number of hydrogen-bond donors (Lipinski definition) is 2. The monoisotopic (exact) mass is 239 g/mol. The fraction of sp³-hybridized carbons (Fsp3) is 0.636. The number of carbonyl (C=O) groups is 1. The van der Waals surface area contributed by atoms with Gasteiger partial charge in [0.2, 0.25) is 5.91 Å². The molecule has 16 heavy (non-hydrogen) atoms. The van der Waals surface area contributed by atoms with Crippen LogP contribution in [0, 0.1) is 0 Å². The van der Waals surface area contributed by atoms with Crippen molar-refractivity contribution in [2.75, 3.05) is 6.54 Å². The molecule has 2 rings (SSSR count). The second-order valence-corrected chi connectivity index (χ2v) is 4.98. The smallest absolute Gasteiger partial charge is 0.237 e. The van der Waals surface area contributed by atoms with Gasteiger partial charge in [-0.1, -0.05) is 12.8 Å². The number of nitrogens with one attached hydrogen (secondary N) is 2. The quantitative estimate of drug-likeness (QED) is 0.835. The predicted octanol–water partition coefficient (Wildman–Crippen LogP) is 1.29. The molecule has 0 aromatic carbocycles. The van der Waals surface area contributed by atoms with Crippen molar-refractivity contribution in [3.05, 3.63) is 16.6 Å². The number of thiazole rings is 1. The van der Waals surface area contributed by atoms with E-state index >= 15 is 0 Å². The molecular formula is C11H17N3OS. The van der Waals surface area contributed by atoms with Crippen molar-refractivity contribution < 1.29 is 4.79 Å². The molecule has 1 amide bonds. The Labute approximate surface area is 99.5 Å². The van der Waals surface area contributed by atoms with Crippen molar-refractivity contribution >= 4 is 17.2 Å². The molecule has 1 atom stereocenters. The fourth-order valence-corrected chi connectivity index (χ4v) is 2.43. The molecule has 0 aliphatic carbocycles. The van der Waals surface area contributed by atoms with Crippen LogP contribution >= 0.6 is 11.3 Å². The van der Waals surface area contributed by atoms with Gasteiger partial charge < -0.3 is 10.6 Å². The molecule has 88 valence electrons. The molecule has 1 aromatic rings. The highest BCUT2D eigenvalue weighted by Crippen LogP contribution is 2.09. The molecule has 4 nitrogen and oxygen atoms in total. The van der Waals surface area contributed by atoms with Crippen molar-refractivity contribution in [1.82, 2.24) is 15.6 Å². The van der Waals surface area contributed by atoms with E-state index < -0.39 is 0 Å². The van der Waals surface area contributed by atoms with Gasteiger partial charge in [0.05, 0.1) is 12.6 Å². The zero-order chi connectivity index (χ0) is 11.2. The van der Waals surface area contributed by atoms with Gasteiger partial charge in [-0.2, -0.15) is 0 Å². The average Bonchev–Trinajstić information content (AvgIpc) is 2.66. The minimum absolute atomic E-state index is 0.0116. The lowest BCUT2D eigenvalue weighted by atomic mass is 10.1. The third-order valence-electron chi connectivity index (χ3n) is 2.77. The summed E-state index contributed by atoms with van der Waals surface area (Å²) in [5.74, 6) is 0.108. The first-order valence-corrected chi connectivity index (χ1v) is 6.64. The van der Waals surface area contributed by atoms with E-state index in [1.165, 1.54) is 12.8 Å². The first-order chi connectivity index (χ1) is 7.86. The number of hydrogen-bond acceptors (Lipinski definition) is 4. The van der Waals surface area contributed by atoms with E-state index in [1.54, 1.807) is 17.5 Å². The maximum absolute atomic E-state index is 11.8. The van der Waals surface area contributed by atoms with Crippen LogP contribution in [0.1, 0.15) is 30.7 Å². The van der Waals surface area contributed by atoms with Crippen LogP contribution in [0.2, 0.25) is 0 Å².